The molecule has 0 N–H and O–H groups in total. The van der Waals surface area contributed by atoms with Gasteiger partial charge in [-0.05, 0) is 44.7 Å². The van der Waals surface area contributed by atoms with Crippen molar-refractivity contribution in [2.24, 2.45) is 5.92 Å². The van der Waals surface area contributed by atoms with Gasteiger partial charge in [-0.2, -0.15) is 4.31 Å². The molecular weight excluding hydrogens is 282 g/mol. The third-order valence-electron chi connectivity index (χ3n) is 4.11. The maximum absolute atomic E-state index is 13.2. The van der Waals surface area contributed by atoms with E-state index in [9.17, 15) is 8.42 Å². The summed E-state index contributed by atoms with van der Waals surface area (Å²) in [6.07, 6.45) is 4.01. The normalized spacial score (nSPS) is 23.2. The van der Waals surface area contributed by atoms with E-state index in [4.69, 9.17) is 0 Å². The third kappa shape index (κ3) is 2.79. The van der Waals surface area contributed by atoms with E-state index in [-0.39, 0.29) is 18.0 Å². The molecule has 1 aliphatic heterocycles. The Balaban J connectivity index is 2.58. The van der Waals surface area contributed by atoms with Crippen LogP contribution >= 0.6 is 0 Å². The predicted molar refractivity (Wildman–Crippen MR) is 86.9 cm³/mol. The number of nitrogens with zero attached hydrogens (tertiary/aromatic N) is 1. The molecule has 1 aliphatic rings. The average molecular weight is 307 g/mol. The van der Waals surface area contributed by atoms with E-state index in [1.165, 1.54) is 0 Å². The van der Waals surface area contributed by atoms with Gasteiger partial charge in [0.1, 0.15) is 0 Å². The predicted octanol–water partition coefficient (Wildman–Crippen LogP) is 3.59. The summed E-state index contributed by atoms with van der Waals surface area (Å²) < 4.78 is 28.1. The Kier molecular flexibility index (Phi) is 4.31. The van der Waals surface area contributed by atoms with E-state index in [1.807, 2.05) is 52.0 Å². The highest BCUT2D eigenvalue weighted by molar-refractivity contribution is 7.89. The van der Waals surface area contributed by atoms with Gasteiger partial charge >= 0.3 is 0 Å². The van der Waals surface area contributed by atoms with Gasteiger partial charge in [0.05, 0.1) is 4.90 Å². The number of hydrogen-bond donors (Lipinski definition) is 0. The first kappa shape index (κ1) is 16.2. The van der Waals surface area contributed by atoms with E-state index in [0.29, 0.717) is 4.90 Å². The summed E-state index contributed by atoms with van der Waals surface area (Å²) in [5, 5.41) is 0. The van der Waals surface area contributed by atoms with Crippen LogP contribution in [0.5, 0.6) is 0 Å². The number of aryl methyl sites for hydroxylation is 3. The molecule has 21 heavy (non-hydrogen) atoms. The van der Waals surface area contributed by atoms with Gasteiger partial charge in [-0.25, -0.2) is 8.42 Å². The molecular formula is C17H25NO2S. The second-order valence-electron chi connectivity index (χ2n) is 6.42. The molecule has 0 aliphatic carbocycles. The van der Waals surface area contributed by atoms with E-state index in [0.717, 1.165) is 16.7 Å². The molecule has 2 rings (SSSR count). The molecule has 0 fully saturated rings. The molecule has 0 spiro atoms. The molecule has 0 saturated carbocycles. The summed E-state index contributed by atoms with van der Waals surface area (Å²) in [5.41, 5.74) is 2.75. The molecule has 1 heterocycles. The summed E-state index contributed by atoms with van der Waals surface area (Å²) in [6.45, 7) is 11.8. The summed E-state index contributed by atoms with van der Waals surface area (Å²) in [4.78, 5) is 0.467. The molecule has 0 aromatic heterocycles. The van der Waals surface area contributed by atoms with Gasteiger partial charge in [0.15, 0.2) is 0 Å². The van der Waals surface area contributed by atoms with Crippen molar-refractivity contribution in [3.63, 3.8) is 0 Å². The van der Waals surface area contributed by atoms with Gasteiger partial charge in [0.25, 0.3) is 0 Å². The topological polar surface area (TPSA) is 37.4 Å². The Hall–Kier alpha value is -1.13. The summed E-state index contributed by atoms with van der Waals surface area (Å²) in [7, 11) is -3.49. The molecule has 0 saturated heterocycles. The van der Waals surface area contributed by atoms with Crippen molar-refractivity contribution < 1.29 is 8.42 Å². The fraction of sp³-hybridized carbons (Fsp3) is 0.529. The monoisotopic (exact) mass is 307 g/mol. The molecule has 1 aromatic rings. The van der Waals surface area contributed by atoms with Gasteiger partial charge in [0.2, 0.25) is 10.0 Å². The molecule has 3 nitrogen and oxygen atoms in total. The smallest absolute Gasteiger partial charge is 0.207 e. The first-order chi connectivity index (χ1) is 9.66. The van der Waals surface area contributed by atoms with Crippen LogP contribution in [-0.2, 0) is 10.0 Å². The van der Waals surface area contributed by atoms with Gasteiger partial charge in [-0.1, -0.05) is 43.7 Å². The Morgan fingerprint density at radius 2 is 1.57 bits per heavy atom. The van der Waals surface area contributed by atoms with E-state index in [2.05, 4.69) is 13.8 Å². The molecule has 0 bridgehead atoms. The van der Waals surface area contributed by atoms with E-state index < -0.39 is 10.0 Å². The van der Waals surface area contributed by atoms with Crippen molar-refractivity contribution in [1.82, 2.24) is 4.31 Å². The van der Waals surface area contributed by atoms with E-state index in [1.54, 1.807) is 4.31 Å². The van der Waals surface area contributed by atoms with Crippen LogP contribution in [0.25, 0.3) is 0 Å². The molecule has 0 unspecified atom stereocenters. The lowest BCUT2D eigenvalue weighted by Gasteiger charge is -2.31. The first-order valence-corrected chi connectivity index (χ1v) is 8.90. The van der Waals surface area contributed by atoms with Crippen LogP contribution in [0.15, 0.2) is 29.2 Å². The molecule has 116 valence electrons. The van der Waals surface area contributed by atoms with Crippen molar-refractivity contribution in [2.45, 2.75) is 58.5 Å². The zero-order chi connectivity index (χ0) is 15.9. The number of rotatable bonds is 3. The van der Waals surface area contributed by atoms with Crippen LogP contribution in [0.3, 0.4) is 0 Å². The van der Waals surface area contributed by atoms with Gasteiger partial charge in [-0.15, -0.1) is 0 Å². The molecule has 2 atom stereocenters. The SMILES string of the molecule is Cc1cc(C)c(S(=O)(=O)N2[C@H](C)C=C[C@@H]2C(C)C)c(C)c1. The quantitative estimate of drug-likeness (QED) is 0.800. The van der Waals surface area contributed by atoms with Crippen molar-refractivity contribution in [3.8, 4) is 0 Å². The van der Waals surface area contributed by atoms with Gasteiger partial charge in [0, 0.05) is 12.1 Å². The Morgan fingerprint density at radius 1 is 1.05 bits per heavy atom. The van der Waals surface area contributed by atoms with Crippen LogP contribution in [-0.4, -0.2) is 24.8 Å². The third-order valence-corrected chi connectivity index (χ3v) is 6.40. The number of hydrogen-bond acceptors (Lipinski definition) is 2. The van der Waals surface area contributed by atoms with Crippen molar-refractivity contribution >= 4 is 10.0 Å². The Bertz CT molecular complexity index is 651. The van der Waals surface area contributed by atoms with Gasteiger partial charge < -0.3 is 0 Å². The molecule has 0 radical (unpaired) electrons. The minimum atomic E-state index is -3.49. The minimum absolute atomic E-state index is 0.0647. The summed E-state index contributed by atoms with van der Waals surface area (Å²) in [5.74, 6) is 0.257. The highest BCUT2D eigenvalue weighted by atomic mass is 32.2. The lowest BCUT2D eigenvalue weighted by molar-refractivity contribution is 0.300. The van der Waals surface area contributed by atoms with Crippen LogP contribution < -0.4 is 0 Å². The second-order valence-corrected chi connectivity index (χ2v) is 8.20. The van der Waals surface area contributed by atoms with Crippen LogP contribution in [0.4, 0.5) is 0 Å². The van der Waals surface area contributed by atoms with Crippen molar-refractivity contribution in [3.05, 3.63) is 41.0 Å². The summed E-state index contributed by atoms with van der Waals surface area (Å²) in [6, 6.07) is 3.73. The number of sulfonamides is 1. The maximum Gasteiger partial charge on any atom is 0.244 e. The lowest BCUT2D eigenvalue weighted by atomic mass is 10.1. The minimum Gasteiger partial charge on any atom is -0.207 e. The van der Waals surface area contributed by atoms with Crippen molar-refractivity contribution in [2.75, 3.05) is 0 Å². The first-order valence-electron chi connectivity index (χ1n) is 7.46. The maximum atomic E-state index is 13.2. The fourth-order valence-corrected chi connectivity index (χ4v) is 5.57. The van der Waals surface area contributed by atoms with Crippen LogP contribution in [0, 0.1) is 26.7 Å². The standard InChI is InChI=1S/C17H25NO2S/c1-11(2)16-8-7-15(6)18(16)21(19,20)17-13(4)9-12(3)10-14(17)5/h7-11,15-16H,1-6H3/t15-,16-/m1/s1. The van der Waals surface area contributed by atoms with E-state index >= 15 is 0 Å². The highest BCUT2D eigenvalue weighted by Gasteiger charge is 2.39. The fourth-order valence-electron chi connectivity index (χ4n) is 3.29. The second kappa shape index (κ2) is 5.58. The van der Waals surface area contributed by atoms with Crippen molar-refractivity contribution in [1.29, 1.82) is 0 Å². The number of benzene rings is 1. The molecule has 1 aromatic carbocycles. The largest absolute Gasteiger partial charge is 0.244 e. The van der Waals surface area contributed by atoms with Crippen LogP contribution in [0.1, 0.15) is 37.5 Å². The average Bonchev–Trinajstić information content (AvgIpc) is 2.69. The summed E-state index contributed by atoms with van der Waals surface area (Å²) >= 11 is 0. The van der Waals surface area contributed by atoms with Gasteiger partial charge in [-0.3, -0.25) is 0 Å². The lowest BCUT2D eigenvalue weighted by Crippen LogP contribution is -2.43. The Morgan fingerprint density at radius 3 is 2.05 bits per heavy atom. The zero-order valence-electron chi connectivity index (χ0n) is 13.7. The van der Waals surface area contributed by atoms with Crippen LogP contribution in [0.2, 0.25) is 0 Å². The highest BCUT2D eigenvalue weighted by Crippen LogP contribution is 2.33. The molecule has 4 heteroatoms. The Labute approximate surface area is 128 Å². The molecule has 0 amide bonds. The zero-order valence-corrected chi connectivity index (χ0v) is 14.5.